The number of hydrogen-bond donors (Lipinski definition) is 3. The monoisotopic (exact) mass is 253 g/mol. The minimum Gasteiger partial charge on any atom is -0.504 e. The minimum atomic E-state index is -0.476. The number of hydrogen-bond acceptors (Lipinski definition) is 5. The molecule has 0 spiro atoms. The molecule has 0 aliphatic rings. The summed E-state index contributed by atoms with van der Waals surface area (Å²) in [6.07, 6.45) is 0.220. The van der Waals surface area contributed by atoms with E-state index in [0.717, 1.165) is 5.56 Å². The number of phenols is 2. The van der Waals surface area contributed by atoms with Gasteiger partial charge in [-0.05, 0) is 45.0 Å². The third-order valence-electron chi connectivity index (χ3n) is 2.46. The van der Waals surface area contributed by atoms with Crippen molar-refractivity contribution in [2.45, 2.75) is 32.4 Å². The number of carbonyl (C=O) groups is 1. The van der Waals surface area contributed by atoms with Crippen molar-refractivity contribution in [3.05, 3.63) is 23.8 Å². The zero-order valence-electron chi connectivity index (χ0n) is 10.8. The first-order valence-corrected chi connectivity index (χ1v) is 5.82. The summed E-state index contributed by atoms with van der Waals surface area (Å²) in [6, 6.07) is 4.01. The van der Waals surface area contributed by atoms with Gasteiger partial charge in [-0.25, -0.2) is 0 Å². The van der Waals surface area contributed by atoms with E-state index in [4.69, 9.17) is 4.74 Å². The van der Waals surface area contributed by atoms with Crippen LogP contribution in [-0.4, -0.2) is 35.4 Å². The predicted molar refractivity (Wildman–Crippen MR) is 67.6 cm³/mol. The molecule has 1 rings (SSSR count). The molecule has 5 nitrogen and oxygen atoms in total. The first-order valence-electron chi connectivity index (χ1n) is 5.82. The van der Waals surface area contributed by atoms with E-state index in [1.165, 1.54) is 12.1 Å². The van der Waals surface area contributed by atoms with Gasteiger partial charge < -0.3 is 20.3 Å². The highest BCUT2D eigenvalue weighted by molar-refractivity contribution is 5.76. The zero-order chi connectivity index (χ0) is 13.7. The second-order valence-electron chi connectivity index (χ2n) is 4.35. The van der Waals surface area contributed by atoms with Crippen molar-refractivity contribution in [3.63, 3.8) is 0 Å². The van der Waals surface area contributed by atoms with Crippen LogP contribution in [0.3, 0.4) is 0 Å². The van der Waals surface area contributed by atoms with E-state index in [-0.39, 0.29) is 23.6 Å². The molecule has 0 saturated carbocycles. The van der Waals surface area contributed by atoms with Crippen molar-refractivity contribution in [1.29, 1.82) is 0 Å². The summed E-state index contributed by atoms with van der Waals surface area (Å²) in [5.41, 5.74) is 0.741. The highest BCUT2D eigenvalue weighted by Gasteiger charge is 2.19. The molecule has 0 aliphatic carbocycles. The summed E-state index contributed by atoms with van der Waals surface area (Å²) in [5, 5.41) is 21.5. The van der Waals surface area contributed by atoms with Gasteiger partial charge in [0.25, 0.3) is 0 Å². The lowest BCUT2D eigenvalue weighted by Gasteiger charge is -2.17. The van der Waals surface area contributed by atoms with Crippen molar-refractivity contribution in [3.8, 4) is 11.5 Å². The molecule has 1 atom stereocenters. The topological polar surface area (TPSA) is 78.8 Å². The highest BCUT2D eigenvalue weighted by Crippen LogP contribution is 2.25. The number of benzene rings is 1. The Bertz CT molecular complexity index is 417. The molecule has 0 heterocycles. The summed E-state index contributed by atoms with van der Waals surface area (Å²) in [6.45, 7) is 3.58. The predicted octanol–water partition coefficient (Wildman–Crippen LogP) is 1.18. The van der Waals surface area contributed by atoms with Crippen molar-refractivity contribution in [2.24, 2.45) is 0 Å². The Kier molecular flexibility index (Phi) is 4.97. The maximum absolute atomic E-state index is 11.7. The first kappa shape index (κ1) is 14.3. The lowest BCUT2D eigenvalue weighted by Crippen LogP contribution is -2.38. The highest BCUT2D eigenvalue weighted by atomic mass is 16.5. The Morgan fingerprint density at radius 2 is 2.00 bits per heavy atom. The molecule has 0 bridgehead atoms. The van der Waals surface area contributed by atoms with Gasteiger partial charge in [0, 0.05) is 0 Å². The third kappa shape index (κ3) is 3.92. The molecule has 3 N–H and O–H groups in total. The SMILES string of the molecule is CNC(Cc1ccc(O)c(O)c1)C(=O)OC(C)C. The summed E-state index contributed by atoms with van der Waals surface area (Å²) in [5.74, 6) is -0.704. The molecule has 1 aromatic carbocycles. The third-order valence-corrected chi connectivity index (χ3v) is 2.46. The molecule has 1 aromatic rings. The molecule has 0 amide bonds. The maximum atomic E-state index is 11.7. The van der Waals surface area contributed by atoms with Gasteiger partial charge in [0.05, 0.1) is 6.10 Å². The van der Waals surface area contributed by atoms with E-state index < -0.39 is 6.04 Å². The van der Waals surface area contributed by atoms with Gasteiger partial charge in [-0.3, -0.25) is 4.79 Å². The van der Waals surface area contributed by atoms with Crippen molar-refractivity contribution in [1.82, 2.24) is 5.32 Å². The minimum absolute atomic E-state index is 0.165. The van der Waals surface area contributed by atoms with Gasteiger partial charge in [-0.1, -0.05) is 6.07 Å². The number of phenolic OH excluding ortho intramolecular Hbond substituents is 2. The molecular formula is C13H19NO4. The Morgan fingerprint density at radius 1 is 1.33 bits per heavy atom. The van der Waals surface area contributed by atoms with Crippen LogP contribution in [0.25, 0.3) is 0 Å². The fourth-order valence-corrected chi connectivity index (χ4v) is 1.55. The Morgan fingerprint density at radius 3 is 2.50 bits per heavy atom. The molecule has 0 fully saturated rings. The molecule has 18 heavy (non-hydrogen) atoms. The van der Waals surface area contributed by atoms with E-state index in [1.807, 2.05) is 0 Å². The van der Waals surface area contributed by atoms with E-state index in [0.29, 0.717) is 6.42 Å². The van der Waals surface area contributed by atoms with Gasteiger partial charge in [-0.15, -0.1) is 0 Å². The number of aromatic hydroxyl groups is 2. The van der Waals surface area contributed by atoms with Gasteiger partial charge in [0.2, 0.25) is 0 Å². The average Bonchev–Trinajstić information content (AvgIpc) is 2.29. The van der Waals surface area contributed by atoms with E-state index in [2.05, 4.69) is 5.32 Å². The zero-order valence-corrected chi connectivity index (χ0v) is 10.8. The second kappa shape index (κ2) is 6.26. The van der Waals surface area contributed by atoms with Crippen LogP contribution in [0.1, 0.15) is 19.4 Å². The summed E-state index contributed by atoms with van der Waals surface area (Å²) in [4.78, 5) is 11.7. The van der Waals surface area contributed by atoms with Crippen LogP contribution in [0.5, 0.6) is 11.5 Å². The largest absolute Gasteiger partial charge is 0.504 e. The molecular weight excluding hydrogens is 234 g/mol. The van der Waals surface area contributed by atoms with E-state index >= 15 is 0 Å². The fourth-order valence-electron chi connectivity index (χ4n) is 1.55. The molecule has 0 saturated heterocycles. The lowest BCUT2D eigenvalue weighted by molar-refractivity contribution is -0.149. The fraction of sp³-hybridized carbons (Fsp3) is 0.462. The van der Waals surface area contributed by atoms with Gasteiger partial charge in [-0.2, -0.15) is 0 Å². The van der Waals surface area contributed by atoms with E-state index in [1.54, 1.807) is 27.0 Å². The van der Waals surface area contributed by atoms with Crippen LogP contribution in [0.4, 0.5) is 0 Å². The van der Waals surface area contributed by atoms with Crippen molar-refractivity contribution < 1.29 is 19.7 Å². The van der Waals surface area contributed by atoms with Crippen LogP contribution >= 0.6 is 0 Å². The Balaban J connectivity index is 2.73. The molecule has 0 aromatic heterocycles. The van der Waals surface area contributed by atoms with Crippen LogP contribution < -0.4 is 5.32 Å². The molecule has 0 radical (unpaired) electrons. The van der Waals surface area contributed by atoms with E-state index in [9.17, 15) is 15.0 Å². The summed E-state index contributed by atoms with van der Waals surface area (Å²) in [7, 11) is 1.67. The van der Waals surface area contributed by atoms with Crippen LogP contribution in [0, 0.1) is 0 Å². The second-order valence-corrected chi connectivity index (χ2v) is 4.35. The summed E-state index contributed by atoms with van der Waals surface area (Å²) < 4.78 is 5.12. The van der Waals surface area contributed by atoms with Crippen molar-refractivity contribution in [2.75, 3.05) is 7.05 Å². The smallest absolute Gasteiger partial charge is 0.323 e. The number of carbonyl (C=O) groups excluding carboxylic acids is 1. The van der Waals surface area contributed by atoms with Gasteiger partial charge in [0.15, 0.2) is 11.5 Å². The lowest BCUT2D eigenvalue weighted by atomic mass is 10.1. The molecule has 5 heteroatoms. The quantitative estimate of drug-likeness (QED) is 0.542. The number of nitrogens with one attached hydrogen (secondary N) is 1. The Hall–Kier alpha value is -1.75. The number of likely N-dealkylation sites (N-methyl/N-ethyl adjacent to an activating group) is 1. The standard InChI is InChI=1S/C13H19NO4/c1-8(2)18-13(17)10(14-3)6-9-4-5-11(15)12(16)7-9/h4-5,7-8,10,14-16H,6H2,1-3H3. The normalized spacial score (nSPS) is 12.4. The number of rotatable bonds is 5. The summed E-state index contributed by atoms with van der Waals surface area (Å²) >= 11 is 0. The molecule has 100 valence electrons. The van der Waals surface area contributed by atoms with Gasteiger partial charge in [0.1, 0.15) is 6.04 Å². The molecule has 0 aliphatic heterocycles. The average molecular weight is 253 g/mol. The maximum Gasteiger partial charge on any atom is 0.323 e. The van der Waals surface area contributed by atoms with Gasteiger partial charge >= 0.3 is 5.97 Å². The first-order chi connectivity index (χ1) is 8.43. The number of esters is 1. The Labute approximate surface area is 106 Å². The van der Waals surface area contributed by atoms with Crippen LogP contribution in [-0.2, 0) is 16.0 Å². The van der Waals surface area contributed by atoms with Crippen LogP contribution in [0.2, 0.25) is 0 Å². The molecule has 1 unspecified atom stereocenters. The van der Waals surface area contributed by atoms with Crippen LogP contribution in [0.15, 0.2) is 18.2 Å². The van der Waals surface area contributed by atoms with Crippen molar-refractivity contribution >= 4 is 5.97 Å². The number of ether oxygens (including phenoxy) is 1.